The lowest BCUT2D eigenvalue weighted by Gasteiger charge is -2.17. The second-order valence-corrected chi connectivity index (χ2v) is 5.80. The molecule has 0 unspecified atom stereocenters. The van der Waals surface area contributed by atoms with E-state index in [1.165, 1.54) is 12.1 Å². The monoisotopic (exact) mass is 347 g/mol. The van der Waals surface area contributed by atoms with Crippen molar-refractivity contribution in [1.82, 2.24) is 5.32 Å². The molecule has 2 N–H and O–H groups in total. The third-order valence-corrected chi connectivity index (χ3v) is 4.05. The molecule has 24 heavy (non-hydrogen) atoms. The molecule has 1 heterocycles. The standard InChI is InChI=1S/C17H15ClFN3O2/c18-13-10-11(6-7-14(13)19)20-17(24)21-15-8-9-22(16(15)23)12-4-2-1-3-5-12/h1-7,10,15H,8-9H2,(H2,20,21,24)/t15-/m0/s1. The highest BCUT2D eigenvalue weighted by Gasteiger charge is 2.33. The van der Waals surface area contributed by atoms with E-state index in [2.05, 4.69) is 10.6 Å². The first-order chi connectivity index (χ1) is 11.5. The van der Waals surface area contributed by atoms with Crippen LogP contribution >= 0.6 is 11.6 Å². The fourth-order valence-electron chi connectivity index (χ4n) is 2.58. The van der Waals surface area contributed by atoms with Crippen LogP contribution in [-0.2, 0) is 4.79 Å². The SMILES string of the molecule is O=C(Nc1ccc(F)c(Cl)c1)N[C@H]1CCN(c2ccccc2)C1=O. The third kappa shape index (κ3) is 3.49. The van der Waals surface area contributed by atoms with Crippen LogP contribution in [0.25, 0.3) is 0 Å². The quantitative estimate of drug-likeness (QED) is 0.893. The largest absolute Gasteiger partial charge is 0.326 e. The van der Waals surface area contributed by atoms with Crippen molar-refractivity contribution < 1.29 is 14.0 Å². The Labute approximate surface area is 143 Å². The molecular formula is C17H15ClFN3O2. The molecule has 0 bridgehead atoms. The van der Waals surface area contributed by atoms with Crippen molar-refractivity contribution in [3.05, 3.63) is 59.4 Å². The fraction of sp³-hybridized carbons (Fsp3) is 0.176. The van der Waals surface area contributed by atoms with Gasteiger partial charge < -0.3 is 15.5 Å². The summed E-state index contributed by atoms with van der Waals surface area (Å²) >= 11 is 5.67. The Kier molecular flexibility index (Phi) is 4.66. The lowest BCUT2D eigenvalue weighted by atomic mass is 10.2. The molecule has 1 aliphatic rings. The second-order valence-electron chi connectivity index (χ2n) is 5.39. The van der Waals surface area contributed by atoms with Crippen molar-refractivity contribution in [1.29, 1.82) is 0 Å². The molecule has 0 aromatic heterocycles. The average Bonchev–Trinajstić information content (AvgIpc) is 2.92. The van der Waals surface area contributed by atoms with Gasteiger partial charge in [-0.1, -0.05) is 29.8 Å². The molecule has 0 aliphatic carbocycles. The minimum atomic E-state index is -0.596. The summed E-state index contributed by atoms with van der Waals surface area (Å²) in [4.78, 5) is 26.1. The Morgan fingerprint density at radius 3 is 2.67 bits per heavy atom. The Balaban J connectivity index is 1.61. The lowest BCUT2D eigenvalue weighted by molar-refractivity contribution is -0.118. The maximum atomic E-state index is 13.1. The van der Waals surface area contributed by atoms with Gasteiger partial charge in [0.2, 0.25) is 5.91 Å². The summed E-state index contributed by atoms with van der Waals surface area (Å²) in [7, 11) is 0. The number of halogens is 2. The van der Waals surface area contributed by atoms with Crippen LogP contribution in [0.2, 0.25) is 5.02 Å². The van der Waals surface area contributed by atoms with Gasteiger partial charge in [-0.3, -0.25) is 4.79 Å². The number of urea groups is 1. The van der Waals surface area contributed by atoms with E-state index in [9.17, 15) is 14.0 Å². The van der Waals surface area contributed by atoms with E-state index in [1.54, 1.807) is 4.90 Å². The number of para-hydroxylation sites is 1. The van der Waals surface area contributed by atoms with Gasteiger partial charge in [-0.15, -0.1) is 0 Å². The van der Waals surface area contributed by atoms with E-state index in [4.69, 9.17) is 11.6 Å². The van der Waals surface area contributed by atoms with Crippen LogP contribution in [0.4, 0.5) is 20.6 Å². The summed E-state index contributed by atoms with van der Waals surface area (Å²) in [5, 5.41) is 5.09. The van der Waals surface area contributed by atoms with E-state index in [0.717, 1.165) is 11.8 Å². The van der Waals surface area contributed by atoms with Crippen molar-refractivity contribution in [2.24, 2.45) is 0 Å². The van der Waals surface area contributed by atoms with Crippen LogP contribution in [0, 0.1) is 5.82 Å². The fourth-order valence-corrected chi connectivity index (χ4v) is 2.76. The highest BCUT2D eigenvalue weighted by Crippen LogP contribution is 2.22. The van der Waals surface area contributed by atoms with Crippen LogP contribution in [0.5, 0.6) is 0 Å². The number of nitrogens with zero attached hydrogens (tertiary/aromatic N) is 1. The minimum Gasteiger partial charge on any atom is -0.326 e. The Hall–Kier alpha value is -2.60. The first-order valence-electron chi connectivity index (χ1n) is 7.43. The summed E-state index contributed by atoms with van der Waals surface area (Å²) < 4.78 is 13.1. The van der Waals surface area contributed by atoms with Crippen LogP contribution in [0.1, 0.15) is 6.42 Å². The predicted molar refractivity (Wildman–Crippen MR) is 90.8 cm³/mol. The zero-order valence-corrected chi connectivity index (χ0v) is 13.4. The smallest absolute Gasteiger partial charge is 0.319 e. The summed E-state index contributed by atoms with van der Waals surface area (Å²) in [5.74, 6) is -0.722. The van der Waals surface area contributed by atoms with Gasteiger partial charge >= 0.3 is 6.03 Å². The van der Waals surface area contributed by atoms with E-state index in [-0.39, 0.29) is 10.9 Å². The van der Waals surface area contributed by atoms with Gasteiger partial charge in [0, 0.05) is 17.9 Å². The molecule has 2 aromatic rings. The van der Waals surface area contributed by atoms with E-state index in [1.807, 2.05) is 30.3 Å². The number of carbonyl (C=O) groups is 2. The molecule has 1 saturated heterocycles. The maximum Gasteiger partial charge on any atom is 0.319 e. The van der Waals surface area contributed by atoms with Gasteiger partial charge in [-0.25, -0.2) is 9.18 Å². The van der Waals surface area contributed by atoms with Crippen molar-refractivity contribution in [3.8, 4) is 0 Å². The summed E-state index contributed by atoms with van der Waals surface area (Å²) in [6, 6.07) is 12.0. The number of rotatable bonds is 3. The van der Waals surface area contributed by atoms with Gasteiger partial charge in [-0.2, -0.15) is 0 Å². The number of anilines is 2. The average molecular weight is 348 g/mol. The summed E-state index contributed by atoms with van der Waals surface area (Å²) in [6.07, 6.45) is 0.519. The molecule has 0 radical (unpaired) electrons. The van der Waals surface area contributed by atoms with Gasteiger partial charge in [0.1, 0.15) is 11.9 Å². The zero-order chi connectivity index (χ0) is 17.1. The molecule has 7 heteroatoms. The summed E-state index contributed by atoms with van der Waals surface area (Å²) in [5.41, 5.74) is 1.15. The molecule has 124 valence electrons. The highest BCUT2D eigenvalue weighted by atomic mass is 35.5. The van der Waals surface area contributed by atoms with Gasteiger partial charge in [-0.05, 0) is 36.8 Å². The van der Waals surface area contributed by atoms with E-state index in [0.29, 0.717) is 18.7 Å². The Morgan fingerprint density at radius 2 is 1.96 bits per heavy atom. The zero-order valence-electron chi connectivity index (χ0n) is 12.6. The number of amides is 3. The third-order valence-electron chi connectivity index (χ3n) is 3.76. The molecule has 2 aromatic carbocycles. The van der Waals surface area contributed by atoms with E-state index >= 15 is 0 Å². The summed E-state index contributed by atoms with van der Waals surface area (Å²) in [6.45, 7) is 0.538. The molecule has 3 amide bonds. The lowest BCUT2D eigenvalue weighted by Crippen LogP contribution is -2.43. The van der Waals surface area contributed by atoms with Crippen molar-refractivity contribution in [2.75, 3.05) is 16.8 Å². The van der Waals surface area contributed by atoms with Crippen LogP contribution < -0.4 is 15.5 Å². The molecule has 0 saturated carbocycles. The number of nitrogens with one attached hydrogen (secondary N) is 2. The molecule has 3 rings (SSSR count). The molecular weight excluding hydrogens is 333 g/mol. The number of carbonyl (C=O) groups excluding carboxylic acids is 2. The van der Waals surface area contributed by atoms with Crippen molar-refractivity contribution in [3.63, 3.8) is 0 Å². The number of benzene rings is 2. The van der Waals surface area contributed by atoms with Crippen molar-refractivity contribution >= 4 is 34.9 Å². The normalized spacial score (nSPS) is 17.0. The highest BCUT2D eigenvalue weighted by molar-refractivity contribution is 6.31. The molecule has 5 nitrogen and oxygen atoms in total. The molecule has 1 fully saturated rings. The number of hydrogen-bond donors (Lipinski definition) is 2. The Bertz CT molecular complexity index is 770. The molecule has 1 aliphatic heterocycles. The van der Waals surface area contributed by atoms with Crippen LogP contribution in [0.15, 0.2) is 48.5 Å². The minimum absolute atomic E-state index is 0.0833. The first-order valence-corrected chi connectivity index (χ1v) is 7.81. The van der Waals surface area contributed by atoms with Crippen LogP contribution in [0.3, 0.4) is 0 Å². The molecule has 1 atom stereocenters. The van der Waals surface area contributed by atoms with Gasteiger partial charge in [0.25, 0.3) is 0 Å². The van der Waals surface area contributed by atoms with Crippen LogP contribution in [-0.4, -0.2) is 24.5 Å². The second kappa shape index (κ2) is 6.88. The van der Waals surface area contributed by atoms with E-state index < -0.39 is 17.9 Å². The van der Waals surface area contributed by atoms with Gasteiger partial charge in [0.05, 0.1) is 5.02 Å². The molecule has 0 spiro atoms. The van der Waals surface area contributed by atoms with Gasteiger partial charge in [0.15, 0.2) is 0 Å². The topological polar surface area (TPSA) is 61.4 Å². The van der Waals surface area contributed by atoms with Crippen molar-refractivity contribution in [2.45, 2.75) is 12.5 Å². The maximum absolute atomic E-state index is 13.1. The predicted octanol–water partition coefficient (Wildman–Crippen LogP) is 3.41. The first kappa shape index (κ1) is 16.3. The Morgan fingerprint density at radius 1 is 1.21 bits per heavy atom. The number of hydrogen-bond acceptors (Lipinski definition) is 2.